The van der Waals surface area contributed by atoms with Crippen molar-refractivity contribution in [3.8, 4) is 0 Å². The summed E-state index contributed by atoms with van der Waals surface area (Å²) in [6.07, 6.45) is 0. The smallest absolute Gasteiger partial charge is 0.135 e. The summed E-state index contributed by atoms with van der Waals surface area (Å²) in [5, 5.41) is 20.7. The van der Waals surface area contributed by atoms with E-state index in [0.717, 1.165) is 33.5 Å². The van der Waals surface area contributed by atoms with Gasteiger partial charge in [-0.3, -0.25) is 0 Å². The fourth-order valence-electron chi connectivity index (χ4n) is 12.7. The Bertz CT molecular complexity index is 5320. The van der Waals surface area contributed by atoms with E-state index in [4.69, 9.17) is 13.3 Å². The van der Waals surface area contributed by atoms with Crippen LogP contribution in [0.3, 0.4) is 0 Å². The van der Waals surface area contributed by atoms with E-state index in [1.54, 1.807) is 0 Å². The zero-order chi connectivity index (χ0) is 69.9. The van der Waals surface area contributed by atoms with Gasteiger partial charge in [-0.15, -0.1) is 34.0 Å². The van der Waals surface area contributed by atoms with Crippen molar-refractivity contribution in [1.82, 2.24) is 0 Å². The fraction of sp³-hybridized carbons (Fsp3) is 0. The zero-order valence-electron chi connectivity index (χ0n) is 56.9. The van der Waals surface area contributed by atoms with Crippen LogP contribution in [0.25, 0.3) is 148 Å². The lowest BCUT2D eigenvalue weighted by Crippen LogP contribution is -1.67. The van der Waals surface area contributed by atoms with Gasteiger partial charge in [0.05, 0.1) is 0 Å². The van der Waals surface area contributed by atoms with Crippen molar-refractivity contribution in [2.24, 2.45) is 0 Å². The molecule has 104 heavy (non-hydrogen) atoms. The van der Waals surface area contributed by atoms with Gasteiger partial charge in [0.1, 0.15) is 33.5 Å². The Morgan fingerprint density at radius 2 is 0.240 bits per heavy atom. The predicted octanol–water partition coefficient (Wildman–Crippen LogP) is 30.3. The van der Waals surface area contributed by atoms with Crippen molar-refractivity contribution in [1.29, 1.82) is 0 Å². The van der Waals surface area contributed by atoms with Gasteiger partial charge in [0, 0.05) is 92.8 Å². The van der Waals surface area contributed by atoms with E-state index in [9.17, 15) is 0 Å². The summed E-state index contributed by atoms with van der Waals surface area (Å²) in [6, 6.07) is 145. The number of fused-ring (bicyclic) bond motifs is 20. The third kappa shape index (κ3) is 15.9. The van der Waals surface area contributed by atoms with Gasteiger partial charge in [-0.2, -0.15) is 0 Å². The van der Waals surface area contributed by atoms with Crippen molar-refractivity contribution in [3.05, 3.63) is 425 Å². The molecule has 498 valence electrons. The fourth-order valence-corrected chi connectivity index (χ4v) is 16.0. The van der Waals surface area contributed by atoms with Crippen molar-refractivity contribution in [2.45, 2.75) is 0 Å². The van der Waals surface area contributed by atoms with Crippen LogP contribution in [-0.2, 0) is 0 Å². The number of hydrogen-bond donors (Lipinski definition) is 0. The predicted molar refractivity (Wildman–Crippen MR) is 453 cm³/mol. The molecule has 0 saturated heterocycles. The highest BCUT2D eigenvalue weighted by Crippen LogP contribution is 2.36. The molecule has 0 aliphatic carbocycles. The first-order valence-corrected chi connectivity index (χ1v) is 37.1. The maximum atomic E-state index is 5.65. The van der Waals surface area contributed by atoms with Gasteiger partial charge in [0.2, 0.25) is 0 Å². The van der Waals surface area contributed by atoms with Crippen LogP contribution >= 0.6 is 34.0 Å². The molecule has 6 aromatic heterocycles. The van der Waals surface area contributed by atoms with Gasteiger partial charge in [-0.1, -0.05) is 352 Å². The number of para-hydroxylation sites is 6. The molecular formula is C98H70O3S3. The van der Waals surface area contributed by atoms with E-state index in [1.807, 2.05) is 180 Å². The molecule has 0 spiro atoms. The second kappa shape index (κ2) is 33.2. The monoisotopic (exact) mass is 1390 g/mol. The van der Waals surface area contributed by atoms with Gasteiger partial charge in [-0.05, 0) is 94.3 Å². The Balaban J connectivity index is 0.0000000947. The standard InChI is InChI=1S/3C12H8O.3C12H8S.2C10H8.C6H6/c6*1-3-7-11-9(5-1)10-6-2-4-8-12(10)13-11;2*1-2-6-10-8-4-3-7-9(10)5-1;1-2-4-6-5-3-1/h6*1-8H;2*1-8H;1-6H. The Labute approximate surface area is 615 Å². The first kappa shape index (κ1) is 67.2. The number of rotatable bonds is 0. The molecule has 6 heteroatoms. The Kier molecular flexibility index (Phi) is 21.4. The molecule has 23 rings (SSSR count). The molecule has 17 aromatic carbocycles. The lowest BCUT2D eigenvalue weighted by molar-refractivity contribution is 0.668. The minimum atomic E-state index is 0.962. The van der Waals surface area contributed by atoms with Gasteiger partial charge >= 0.3 is 0 Å². The maximum Gasteiger partial charge on any atom is 0.135 e. The Hall–Kier alpha value is -12.7. The average molecular weight is 1390 g/mol. The van der Waals surface area contributed by atoms with Crippen LogP contribution in [0.5, 0.6) is 0 Å². The molecule has 0 fully saturated rings. The highest BCUT2D eigenvalue weighted by molar-refractivity contribution is 7.26. The minimum Gasteiger partial charge on any atom is -0.456 e. The van der Waals surface area contributed by atoms with E-state index in [-0.39, 0.29) is 0 Å². The molecule has 0 atom stereocenters. The second-order valence-electron chi connectivity index (χ2n) is 24.4. The van der Waals surface area contributed by atoms with Gasteiger partial charge in [0.15, 0.2) is 0 Å². The van der Waals surface area contributed by atoms with Crippen LogP contribution in [0.2, 0.25) is 0 Å². The van der Waals surface area contributed by atoms with Crippen LogP contribution in [0.4, 0.5) is 0 Å². The van der Waals surface area contributed by atoms with E-state index in [0.29, 0.717) is 0 Å². The number of furan rings is 3. The molecule has 6 heterocycles. The van der Waals surface area contributed by atoms with Gasteiger partial charge in [-0.25, -0.2) is 0 Å². The molecule has 0 radical (unpaired) electrons. The van der Waals surface area contributed by atoms with Crippen molar-refractivity contribution in [3.63, 3.8) is 0 Å². The van der Waals surface area contributed by atoms with Crippen LogP contribution in [0.15, 0.2) is 438 Å². The summed E-state index contributed by atoms with van der Waals surface area (Å²) in [4.78, 5) is 0. The van der Waals surface area contributed by atoms with Crippen LogP contribution in [0.1, 0.15) is 0 Å². The molecular weight excluding hydrogens is 1320 g/mol. The largest absolute Gasteiger partial charge is 0.456 e. The van der Waals surface area contributed by atoms with E-state index < -0.39 is 0 Å². The van der Waals surface area contributed by atoms with E-state index in [2.05, 4.69) is 279 Å². The highest BCUT2D eigenvalue weighted by Gasteiger charge is 2.08. The lowest BCUT2D eigenvalue weighted by Gasteiger charge is -1.92. The highest BCUT2D eigenvalue weighted by atomic mass is 32.1. The summed E-state index contributed by atoms with van der Waals surface area (Å²) in [6.45, 7) is 0. The van der Waals surface area contributed by atoms with Crippen molar-refractivity contribution in [2.75, 3.05) is 0 Å². The molecule has 0 saturated carbocycles. The second-order valence-corrected chi connectivity index (χ2v) is 27.7. The molecule has 0 aliphatic heterocycles. The topological polar surface area (TPSA) is 39.4 Å². The normalized spacial score (nSPS) is 10.7. The van der Waals surface area contributed by atoms with E-state index in [1.165, 1.54) is 114 Å². The summed E-state index contributed by atoms with van der Waals surface area (Å²) in [5.74, 6) is 0. The summed E-state index contributed by atoms with van der Waals surface area (Å²) in [7, 11) is 0. The van der Waals surface area contributed by atoms with Crippen LogP contribution in [-0.4, -0.2) is 0 Å². The molecule has 0 amide bonds. The third-order valence-corrected chi connectivity index (χ3v) is 21.1. The first-order valence-electron chi connectivity index (χ1n) is 34.7. The average Bonchev–Trinajstić information content (AvgIpc) is 1.70. The zero-order valence-corrected chi connectivity index (χ0v) is 59.3. The van der Waals surface area contributed by atoms with Crippen molar-refractivity contribution >= 4 is 182 Å². The van der Waals surface area contributed by atoms with Crippen LogP contribution in [0, 0.1) is 0 Å². The molecule has 3 nitrogen and oxygen atoms in total. The SMILES string of the molecule is c1ccc2c(c1)oc1ccccc12.c1ccc2c(c1)oc1ccccc12.c1ccc2c(c1)oc1ccccc12.c1ccc2c(c1)sc1ccccc12.c1ccc2c(c1)sc1ccccc12.c1ccc2c(c1)sc1ccccc12.c1ccc2ccccc2c1.c1ccc2ccccc2c1.c1ccccc1. The van der Waals surface area contributed by atoms with Crippen LogP contribution < -0.4 is 0 Å². The first-order chi connectivity index (χ1) is 51.6. The third-order valence-electron chi connectivity index (χ3n) is 17.7. The quantitative estimate of drug-likeness (QED) is 0.152. The Morgan fingerprint density at radius 1 is 0.115 bits per heavy atom. The maximum absolute atomic E-state index is 5.65. The summed E-state index contributed by atoms with van der Waals surface area (Å²) >= 11 is 5.58. The molecule has 0 aliphatic rings. The number of benzene rings is 17. The van der Waals surface area contributed by atoms with Crippen molar-refractivity contribution < 1.29 is 13.3 Å². The van der Waals surface area contributed by atoms with E-state index >= 15 is 0 Å². The molecule has 0 unspecified atom stereocenters. The summed E-state index contributed by atoms with van der Waals surface area (Å²) < 4.78 is 25.2. The molecule has 0 N–H and O–H groups in total. The molecule has 0 bridgehead atoms. The Morgan fingerprint density at radius 3 is 0.404 bits per heavy atom. The summed E-state index contributed by atoms with van der Waals surface area (Å²) in [5.41, 5.74) is 5.77. The number of hydrogen-bond acceptors (Lipinski definition) is 6. The minimum absolute atomic E-state index is 0.962. The number of thiophene rings is 3. The van der Waals surface area contributed by atoms with Gasteiger partial charge in [0.25, 0.3) is 0 Å². The van der Waals surface area contributed by atoms with Gasteiger partial charge < -0.3 is 13.3 Å². The lowest BCUT2D eigenvalue weighted by atomic mass is 10.1. The molecule has 23 aromatic rings.